The van der Waals surface area contributed by atoms with Crippen LogP contribution in [0.1, 0.15) is 61.1 Å². The first-order chi connectivity index (χ1) is 14.2. The second-order valence-corrected chi connectivity index (χ2v) is 8.60. The van der Waals surface area contributed by atoms with Crippen LogP contribution >= 0.6 is 0 Å². The lowest BCUT2D eigenvalue weighted by Crippen LogP contribution is -2.21. The highest BCUT2D eigenvalue weighted by atomic mass is 16.1. The first-order valence-corrected chi connectivity index (χ1v) is 11.0. The van der Waals surface area contributed by atoms with Gasteiger partial charge in [-0.1, -0.05) is 67.3 Å². The fraction of sp³-hybridized carbons (Fsp3) is 0.423. The molecular formula is C26H32N2O. The molecule has 3 heteroatoms. The zero-order valence-corrected chi connectivity index (χ0v) is 17.7. The van der Waals surface area contributed by atoms with Gasteiger partial charge in [0.1, 0.15) is 0 Å². The fourth-order valence-electron chi connectivity index (χ4n) is 4.93. The van der Waals surface area contributed by atoms with E-state index >= 15 is 0 Å². The highest BCUT2D eigenvalue weighted by molar-refractivity contribution is 5.86. The number of aryl methyl sites for hydroxylation is 1. The van der Waals surface area contributed by atoms with Crippen LogP contribution in [-0.4, -0.2) is 17.5 Å². The zero-order valence-electron chi connectivity index (χ0n) is 17.7. The number of aromatic nitrogens is 1. The number of para-hydroxylation sites is 1. The number of hydrogen-bond acceptors (Lipinski definition) is 1. The van der Waals surface area contributed by atoms with Crippen molar-refractivity contribution in [2.45, 2.75) is 57.9 Å². The van der Waals surface area contributed by atoms with Crippen molar-refractivity contribution in [2.75, 3.05) is 7.05 Å². The molecule has 4 rings (SSSR count). The summed E-state index contributed by atoms with van der Waals surface area (Å²) < 4.78 is 2.45. The normalized spacial score (nSPS) is 16.1. The number of carbonyl (C=O) groups is 1. The molecule has 0 aliphatic heterocycles. The van der Waals surface area contributed by atoms with Gasteiger partial charge in [0, 0.05) is 43.0 Å². The number of nitrogens with zero attached hydrogens (tertiary/aromatic N) is 1. The maximum atomic E-state index is 12.4. The number of hydrogen-bond donors (Lipinski definition) is 1. The summed E-state index contributed by atoms with van der Waals surface area (Å²) in [7, 11) is 1.72. The van der Waals surface area contributed by atoms with Crippen LogP contribution in [0.4, 0.5) is 0 Å². The Bertz CT molecular complexity index is 981. The highest BCUT2D eigenvalue weighted by Gasteiger charge is 2.23. The lowest BCUT2D eigenvalue weighted by molar-refractivity contribution is -0.120. The quantitative estimate of drug-likeness (QED) is 0.569. The topological polar surface area (TPSA) is 34.0 Å². The molecule has 0 spiro atoms. The third-order valence-corrected chi connectivity index (χ3v) is 6.49. The van der Waals surface area contributed by atoms with E-state index in [4.69, 9.17) is 0 Å². The summed E-state index contributed by atoms with van der Waals surface area (Å²) in [4.78, 5) is 12.4. The molecular weight excluding hydrogens is 356 g/mol. The van der Waals surface area contributed by atoms with Gasteiger partial charge >= 0.3 is 0 Å². The van der Waals surface area contributed by atoms with E-state index in [1.165, 1.54) is 59.7 Å². The largest absolute Gasteiger partial charge is 0.359 e. The van der Waals surface area contributed by atoms with Crippen LogP contribution in [0.3, 0.4) is 0 Å². The fourth-order valence-corrected chi connectivity index (χ4v) is 4.93. The van der Waals surface area contributed by atoms with Crippen LogP contribution in [-0.2, 0) is 11.3 Å². The summed E-state index contributed by atoms with van der Waals surface area (Å²) in [5.41, 5.74) is 5.01. The summed E-state index contributed by atoms with van der Waals surface area (Å²) in [5.74, 6) is 0.914. The molecule has 1 unspecified atom stereocenters. The third-order valence-electron chi connectivity index (χ3n) is 6.49. The van der Waals surface area contributed by atoms with E-state index in [0.29, 0.717) is 6.42 Å². The van der Waals surface area contributed by atoms with Crippen molar-refractivity contribution in [1.82, 2.24) is 9.88 Å². The van der Waals surface area contributed by atoms with Crippen LogP contribution in [0, 0.1) is 12.8 Å². The lowest BCUT2D eigenvalue weighted by Gasteiger charge is -2.22. The molecule has 1 aliphatic carbocycles. The average molecular weight is 389 g/mol. The van der Waals surface area contributed by atoms with E-state index in [1.807, 2.05) is 0 Å². The maximum absolute atomic E-state index is 12.4. The molecule has 1 aliphatic rings. The molecule has 1 N–H and O–H groups in total. The third kappa shape index (κ3) is 4.39. The van der Waals surface area contributed by atoms with Crippen molar-refractivity contribution in [2.24, 2.45) is 5.92 Å². The van der Waals surface area contributed by atoms with Crippen LogP contribution < -0.4 is 5.32 Å². The van der Waals surface area contributed by atoms with E-state index in [2.05, 4.69) is 71.5 Å². The Balaban J connectivity index is 1.77. The highest BCUT2D eigenvalue weighted by Crippen LogP contribution is 2.36. The van der Waals surface area contributed by atoms with Crippen molar-refractivity contribution in [1.29, 1.82) is 0 Å². The Morgan fingerprint density at radius 3 is 2.66 bits per heavy atom. The van der Waals surface area contributed by atoms with Gasteiger partial charge in [0.2, 0.25) is 5.91 Å². The van der Waals surface area contributed by atoms with Gasteiger partial charge in [-0.2, -0.15) is 0 Å². The standard InChI is InChI=1S/C26H32N2O/c1-19-9-8-12-21(15-19)23(16-26(29)27-2)24-18-28(17-20-10-4-3-5-11-20)25-14-7-6-13-22(24)25/h6-9,12-15,18,20,23H,3-5,10-11,16-17H2,1-2H3,(H,27,29). The molecule has 1 saturated carbocycles. The first-order valence-electron chi connectivity index (χ1n) is 11.0. The van der Waals surface area contributed by atoms with Crippen LogP contribution in [0.25, 0.3) is 10.9 Å². The molecule has 3 aromatic rings. The van der Waals surface area contributed by atoms with Crippen molar-refractivity contribution >= 4 is 16.8 Å². The van der Waals surface area contributed by atoms with Crippen molar-refractivity contribution < 1.29 is 4.79 Å². The predicted octanol–water partition coefficient (Wildman–Crippen LogP) is 5.80. The van der Waals surface area contributed by atoms with Crippen LogP contribution in [0.15, 0.2) is 54.7 Å². The minimum absolute atomic E-state index is 0.0624. The monoisotopic (exact) mass is 388 g/mol. The molecule has 0 radical (unpaired) electrons. The molecule has 152 valence electrons. The van der Waals surface area contributed by atoms with E-state index in [1.54, 1.807) is 7.05 Å². The summed E-state index contributed by atoms with van der Waals surface area (Å²) in [5, 5.41) is 4.10. The molecule has 0 bridgehead atoms. The van der Waals surface area contributed by atoms with Gasteiger partial charge in [-0.3, -0.25) is 4.79 Å². The number of rotatable bonds is 6. The van der Waals surface area contributed by atoms with Crippen LogP contribution in [0.5, 0.6) is 0 Å². The Labute approximate surface area is 174 Å². The number of carbonyl (C=O) groups excluding carboxylic acids is 1. The minimum Gasteiger partial charge on any atom is -0.359 e. The number of nitrogens with one attached hydrogen (secondary N) is 1. The Hall–Kier alpha value is -2.55. The Morgan fingerprint density at radius 1 is 1.10 bits per heavy atom. The summed E-state index contributed by atoms with van der Waals surface area (Å²) >= 11 is 0. The van der Waals surface area contributed by atoms with Crippen LogP contribution in [0.2, 0.25) is 0 Å². The molecule has 1 atom stereocenters. The van der Waals surface area contributed by atoms with Gasteiger partial charge in [0.25, 0.3) is 0 Å². The van der Waals surface area contributed by atoms with Gasteiger partial charge < -0.3 is 9.88 Å². The number of benzene rings is 2. The zero-order chi connectivity index (χ0) is 20.2. The lowest BCUT2D eigenvalue weighted by atomic mass is 9.87. The second-order valence-electron chi connectivity index (χ2n) is 8.60. The van der Waals surface area contributed by atoms with Crippen molar-refractivity contribution in [3.63, 3.8) is 0 Å². The van der Waals surface area contributed by atoms with Gasteiger partial charge in [0.15, 0.2) is 0 Å². The minimum atomic E-state index is 0.0624. The number of amides is 1. The Kier molecular flexibility index (Phi) is 6.03. The van der Waals surface area contributed by atoms with Gasteiger partial charge in [-0.15, -0.1) is 0 Å². The SMILES string of the molecule is CNC(=O)CC(c1cccc(C)c1)c1cn(CC2CCCCC2)c2ccccc12. The number of fused-ring (bicyclic) bond motifs is 1. The molecule has 2 aromatic carbocycles. The summed E-state index contributed by atoms with van der Waals surface area (Å²) in [6.07, 6.45) is 9.57. The molecule has 3 nitrogen and oxygen atoms in total. The molecule has 1 amide bonds. The van der Waals surface area contributed by atoms with Gasteiger partial charge in [-0.25, -0.2) is 0 Å². The smallest absolute Gasteiger partial charge is 0.220 e. The van der Waals surface area contributed by atoms with E-state index < -0.39 is 0 Å². The molecule has 0 saturated heterocycles. The molecule has 1 heterocycles. The van der Waals surface area contributed by atoms with Gasteiger partial charge in [-0.05, 0) is 42.9 Å². The molecule has 1 aromatic heterocycles. The van der Waals surface area contributed by atoms with Gasteiger partial charge in [0.05, 0.1) is 0 Å². The first kappa shape index (κ1) is 19.8. The van der Waals surface area contributed by atoms with Crippen molar-refractivity contribution in [3.05, 3.63) is 71.4 Å². The Morgan fingerprint density at radius 2 is 1.90 bits per heavy atom. The summed E-state index contributed by atoms with van der Waals surface area (Å²) in [6.45, 7) is 3.20. The predicted molar refractivity (Wildman–Crippen MR) is 120 cm³/mol. The van der Waals surface area contributed by atoms with E-state index in [-0.39, 0.29) is 11.8 Å². The average Bonchev–Trinajstić information content (AvgIpc) is 3.11. The molecule has 1 fully saturated rings. The van der Waals surface area contributed by atoms with E-state index in [0.717, 1.165) is 12.5 Å². The summed E-state index contributed by atoms with van der Waals surface area (Å²) in [6, 6.07) is 17.3. The maximum Gasteiger partial charge on any atom is 0.220 e. The van der Waals surface area contributed by atoms with Crippen molar-refractivity contribution in [3.8, 4) is 0 Å². The molecule has 29 heavy (non-hydrogen) atoms. The van der Waals surface area contributed by atoms with E-state index in [9.17, 15) is 4.79 Å². The second kappa shape index (κ2) is 8.86.